The van der Waals surface area contributed by atoms with E-state index in [2.05, 4.69) is 36.4 Å². The lowest BCUT2D eigenvalue weighted by molar-refractivity contribution is -0.327. The van der Waals surface area contributed by atoms with E-state index in [1.54, 1.807) is 0 Å². The van der Waals surface area contributed by atoms with Gasteiger partial charge in [0.15, 0.2) is 12.4 Å². The summed E-state index contributed by atoms with van der Waals surface area (Å²) < 4.78 is 40.4. The topological polar surface area (TPSA) is 72.5 Å². The van der Waals surface area contributed by atoms with Crippen molar-refractivity contribution in [1.82, 2.24) is 0 Å². The lowest BCUT2D eigenvalue weighted by Gasteiger charge is -2.46. The SMILES string of the molecule is CC(=O)O[C@H]1[C@H](OCc2ccccc2)[C@@H](OCc2ccccc2)C(OCc2ccccc2)O[C@@H]1COC(c1ccccc1)(c1ccccc1)c1ccccc1. The number of carbonyl (C=O) groups excluding carboxylic acids is 1. The minimum absolute atomic E-state index is 0.0123. The van der Waals surface area contributed by atoms with Gasteiger partial charge in [0.1, 0.15) is 23.9 Å². The summed E-state index contributed by atoms with van der Waals surface area (Å²) in [4.78, 5) is 13.0. The van der Waals surface area contributed by atoms with Gasteiger partial charge in [0, 0.05) is 6.92 Å². The van der Waals surface area contributed by atoms with Crippen molar-refractivity contribution in [1.29, 1.82) is 0 Å². The molecule has 1 heterocycles. The van der Waals surface area contributed by atoms with Crippen LogP contribution in [0.4, 0.5) is 0 Å². The zero-order valence-electron chi connectivity index (χ0n) is 30.9. The highest BCUT2D eigenvalue weighted by Crippen LogP contribution is 2.42. The van der Waals surface area contributed by atoms with Gasteiger partial charge in [-0.25, -0.2) is 0 Å². The van der Waals surface area contributed by atoms with Gasteiger partial charge in [0.05, 0.1) is 26.4 Å². The molecule has 1 aliphatic rings. The van der Waals surface area contributed by atoms with Crippen molar-refractivity contribution in [2.45, 2.75) is 63.1 Å². The predicted octanol–water partition coefficient (Wildman–Crippen LogP) is 9.04. The molecule has 5 atom stereocenters. The molecule has 7 heteroatoms. The molecule has 0 spiro atoms. The van der Waals surface area contributed by atoms with Crippen LogP contribution in [-0.2, 0) is 58.6 Å². The lowest BCUT2D eigenvalue weighted by atomic mass is 9.80. The molecule has 0 N–H and O–H groups in total. The second-order valence-corrected chi connectivity index (χ2v) is 13.5. The van der Waals surface area contributed by atoms with E-state index in [4.69, 9.17) is 28.4 Å². The Kier molecular flexibility index (Phi) is 12.9. The summed E-state index contributed by atoms with van der Waals surface area (Å²) >= 11 is 0. The normalized spacial score (nSPS) is 19.8. The smallest absolute Gasteiger partial charge is 0.303 e. The first kappa shape index (κ1) is 37.9. The Labute approximate surface area is 323 Å². The van der Waals surface area contributed by atoms with E-state index in [9.17, 15) is 4.79 Å². The summed E-state index contributed by atoms with van der Waals surface area (Å²) in [6.07, 6.45) is -4.23. The number of carbonyl (C=O) groups is 1. The quantitative estimate of drug-likeness (QED) is 0.0726. The number of rotatable bonds is 16. The molecular formula is C48H46O7. The van der Waals surface area contributed by atoms with Gasteiger partial charge in [-0.3, -0.25) is 4.79 Å². The third-order valence-corrected chi connectivity index (χ3v) is 9.73. The standard InChI is InChI=1S/C48H46O7/c1-36(49)54-44-43(35-53-48(40-26-14-5-15-27-40,41-28-16-6-17-29-41)42-30-18-7-19-31-42)55-47(52-34-39-24-12-4-13-25-39)46(51-33-38-22-10-3-11-23-38)45(44)50-32-37-20-8-2-9-21-37/h2-31,43-47H,32-35H2,1H3/t43-,44-,45+,46-,47?/m1/s1. The van der Waals surface area contributed by atoms with Crippen LogP contribution in [0.15, 0.2) is 182 Å². The minimum Gasteiger partial charge on any atom is -0.457 e. The fourth-order valence-corrected chi connectivity index (χ4v) is 7.11. The maximum Gasteiger partial charge on any atom is 0.303 e. The minimum atomic E-state index is -1.05. The predicted molar refractivity (Wildman–Crippen MR) is 211 cm³/mol. The molecule has 1 fully saturated rings. The van der Waals surface area contributed by atoms with Crippen LogP contribution in [0.2, 0.25) is 0 Å². The van der Waals surface area contributed by atoms with Crippen LogP contribution in [-0.4, -0.2) is 43.3 Å². The molecule has 1 aliphatic heterocycles. The highest BCUT2D eigenvalue weighted by Gasteiger charge is 2.51. The van der Waals surface area contributed by atoms with Crippen LogP contribution in [0.3, 0.4) is 0 Å². The Morgan fingerprint density at radius 1 is 0.491 bits per heavy atom. The van der Waals surface area contributed by atoms with Crippen LogP contribution in [0.1, 0.15) is 40.3 Å². The molecule has 0 radical (unpaired) electrons. The molecule has 1 saturated heterocycles. The molecule has 280 valence electrons. The Balaban J connectivity index is 1.29. The van der Waals surface area contributed by atoms with E-state index in [1.807, 2.05) is 146 Å². The lowest BCUT2D eigenvalue weighted by Crippen LogP contribution is -2.62. The van der Waals surface area contributed by atoms with Gasteiger partial charge in [0.2, 0.25) is 0 Å². The Morgan fingerprint density at radius 2 is 0.855 bits per heavy atom. The molecule has 0 bridgehead atoms. The van der Waals surface area contributed by atoms with Gasteiger partial charge in [-0.1, -0.05) is 182 Å². The first-order valence-corrected chi connectivity index (χ1v) is 18.7. The summed E-state index contributed by atoms with van der Waals surface area (Å²) in [6.45, 7) is 2.17. The van der Waals surface area contributed by atoms with E-state index in [-0.39, 0.29) is 26.4 Å². The molecule has 7 nitrogen and oxygen atoms in total. The van der Waals surface area contributed by atoms with E-state index in [1.165, 1.54) is 6.92 Å². The molecule has 7 rings (SSSR count). The molecule has 0 saturated carbocycles. The maximum absolute atomic E-state index is 13.0. The number of ether oxygens (including phenoxy) is 6. The fourth-order valence-electron chi connectivity index (χ4n) is 7.11. The van der Waals surface area contributed by atoms with Crippen molar-refractivity contribution < 1.29 is 33.2 Å². The molecule has 55 heavy (non-hydrogen) atoms. The van der Waals surface area contributed by atoms with Crippen LogP contribution in [0, 0.1) is 0 Å². The van der Waals surface area contributed by atoms with E-state index in [0.717, 1.165) is 33.4 Å². The largest absolute Gasteiger partial charge is 0.457 e. The van der Waals surface area contributed by atoms with E-state index in [0.29, 0.717) is 0 Å². The Bertz CT molecular complexity index is 1920. The van der Waals surface area contributed by atoms with Crippen LogP contribution >= 0.6 is 0 Å². The second kappa shape index (κ2) is 18.8. The van der Waals surface area contributed by atoms with E-state index >= 15 is 0 Å². The third-order valence-electron chi connectivity index (χ3n) is 9.73. The van der Waals surface area contributed by atoms with Crippen molar-refractivity contribution in [2.24, 2.45) is 0 Å². The molecule has 0 amide bonds. The van der Waals surface area contributed by atoms with Gasteiger partial charge in [-0.2, -0.15) is 0 Å². The molecule has 6 aromatic rings. The highest BCUT2D eigenvalue weighted by atomic mass is 16.7. The zero-order valence-corrected chi connectivity index (χ0v) is 30.9. The van der Waals surface area contributed by atoms with Crippen LogP contribution < -0.4 is 0 Å². The second-order valence-electron chi connectivity index (χ2n) is 13.5. The van der Waals surface area contributed by atoms with Gasteiger partial charge >= 0.3 is 5.97 Å². The first-order valence-electron chi connectivity index (χ1n) is 18.7. The summed E-state index contributed by atoms with van der Waals surface area (Å²) in [5.41, 5.74) is 4.67. The average Bonchev–Trinajstić information content (AvgIpc) is 3.24. The van der Waals surface area contributed by atoms with Crippen molar-refractivity contribution >= 4 is 5.97 Å². The number of hydrogen-bond acceptors (Lipinski definition) is 7. The van der Waals surface area contributed by atoms with E-state index < -0.39 is 42.3 Å². The average molecular weight is 735 g/mol. The van der Waals surface area contributed by atoms with Crippen molar-refractivity contribution in [2.75, 3.05) is 6.61 Å². The highest BCUT2D eigenvalue weighted by molar-refractivity contribution is 5.66. The molecule has 6 aromatic carbocycles. The third kappa shape index (κ3) is 9.46. The monoisotopic (exact) mass is 734 g/mol. The number of hydrogen-bond donors (Lipinski definition) is 0. The molecule has 0 aromatic heterocycles. The van der Waals surface area contributed by atoms with Gasteiger partial charge in [0.25, 0.3) is 0 Å². The fraction of sp³-hybridized carbons (Fsp3) is 0.229. The first-order chi connectivity index (χ1) is 27.1. The summed E-state index contributed by atoms with van der Waals surface area (Å²) in [6, 6.07) is 60.1. The Morgan fingerprint density at radius 3 is 1.25 bits per heavy atom. The molecule has 1 unspecified atom stereocenters. The number of benzene rings is 6. The van der Waals surface area contributed by atoms with Crippen molar-refractivity contribution in [3.8, 4) is 0 Å². The van der Waals surface area contributed by atoms with Crippen LogP contribution in [0.5, 0.6) is 0 Å². The Hall–Kier alpha value is -5.41. The molecule has 0 aliphatic carbocycles. The van der Waals surface area contributed by atoms with Gasteiger partial charge in [-0.15, -0.1) is 0 Å². The van der Waals surface area contributed by atoms with Gasteiger partial charge in [-0.05, 0) is 33.4 Å². The summed E-state index contributed by atoms with van der Waals surface area (Å²) in [5, 5.41) is 0. The van der Waals surface area contributed by atoms with Gasteiger partial charge < -0.3 is 28.4 Å². The summed E-state index contributed by atoms with van der Waals surface area (Å²) in [7, 11) is 0. The number of esters is 1. The molecular weight excluding hydrogens is 689 g/mol. The van der Waals surface area contributed by atoms with Crippen molar-refractivity contribution in [3.63, 3.8) is 0 Å². The van der Waals surface area contributed by atoms with Crippen molar-refractivity contribution in [3.05, 3.63) is 215 Å². The summed E-state index contributed by atoms with van der Waals surface area (Å²) in [5.74, 6) is -0.474. The zero-order chi connectivity index (χ0) is 37.7. The van der Waals surface area contributed by atoms with Crippen LogP contribution in [0.25, 0.3) is 0 Å². The maximum atomic E-state index is 13.0.